The molecule has 0 spiro atoms. The van der Waals surface area contributed by atoms with Crippen molar-refractivity contribution in [1.82, 2.24) is 4.98 Å². The van der Waals surface area contributed by atoms with Crippen LogP contribution in [0, 0.1) is 5.82 Å². The van der Waals surface area contributed by atoms with Gasteiger partial charge in [-0.3, -0.25) is 4.98 Å². The molecule has 0 saturated heterocycles. The van der Waals surface area contributed by atoms with Crippen LogP contribution < -0.4 is 0 Å². The molecule has 0 saturated carbocycles. The molecule has 20 heavy (non-hydrogen) atoms. The second-order valence-electron chi connectivity index (χ2n) is 4.49. The second-order valence-corrected chi connectivity index (χ2v) is 4.90. The van der Waals surface area contributed by atoms with Crippen LogP contribution in [0.15, 0.2) is 54.7 Å². The van der Waals surface area contributed by atoms with E-state index in [0.717, 1.165) is 10.9 Å². The Kier molecular flexibility index (Phi) is 3.38. The van der Waals surface area contributed by atoms with Crippen molar-refractivity contribution < 1.29 is 9.50 Å². The van der Waals surface area contributed by atoms with Crippen molar-refractivity contribution in [1.29, 1.82) is 0 Å². The van der Waals surface area contributed by atoms with Crippen molar-refractivity contribution in [3.8, 4) is 0 Å². The van der Waals surface area contributed by atoms with Gasteiger partial charge in [0.2, 0.25) is 0 Å². The van der Waals surface area contributed by atoms with Crippen LogP contribution in [0.4, 0.5) is 4.39 Å². The molecule has 0 radical (unpaired) electrons. The van der Waals surface area contributed by atoms with Gasteiger partial charge in [0.15, 0.2) is 0 Å². The van der Waals surface area contributed by atoms with Gasteiger partial charge in [0, 0.05) is 22.2 Å². The number of halogens is 2. The first-order valence-corrected chi connectivity index (χ1v) is 6.51. The van der Waals surface area contributed by atoms with Gasteiger partial charge in [-0.15, -0.1) is 0 Å². The van der Waals surface area contributed by atoms with Crippen molar-refractivity contribution in [2.45, 2.75) is 6.10 Å². The number of aromatic nitrogens is 1. The number of fused-ring (bicyclic) bond motifs is 1. The second kappa shape index (κ2) is 5.19. The van der Waals surface area contributed by atoms with Crippen molar-refractivity contribution in [3.63, 3.8) is 0 Å². The lowest BCUT2D eigenvalue weighted by atomic mass is 9.99. The summed E-state index contributed by atoms with van der Waals surface area (Å²) >= 11 is 5.98. The molecule has 3 rings (SSSR count). The fourth-order valence-corrected chi connectivity index (χ4v) is 2.46. The number of pyridine rings is 1. The standard InChI is InChI=1S/C16H11ClFNO/c17-12-4-1-5-13(18)15(12)16(20)11-7-6-10-3-2-8-19-14(10)9-11/h1-9,16,20H. The molecule has 0 fully saturated rings. The van der Waals surface area contributed by atoms with Gasteiger partial charge in [0.25, 0.3) is 0 Å². The number of rotatable bonds is 2. The molecule has 0 aliphatic carbocycles. The van der Waals surface area contributed by atoms with E-state index in [1.54, 1.807) is 24.4 Å². The summed E-state index contributed by atoms with van der Waals surface area (Å²) in [7, 11) is 0. The van der Waals surface area contributed by atoms with Crippen LogP contribution in [0.5, 0.6) is 0 Å². The summed E-state index contributed by atoms with van der Waals surface area (Å²) in [5.74, 6) is -0.522. The third kappa shape index (κ3) is 2.26. The molecule has 1 heterocycles. The molecule has 0 aliphatic heterocycles. The Bertz CT molecular complexity index is 755. The molecule has 1 N–H and O–H groups in total. The summed E-state index contributed by atoms with van der Waals surface area (Å²) in [5, 5.41) is 11.5. The molecule has 100 valence electrons. The normalized spacial score (nSPS) is 12.6. The maximum Gasteiger partial charge on any atom is 0.130 e. The molecular formula is C16H11ClFNO. The van der Waals surface area contributed by atoms with Crippen LogP contribution in [0.2, 0.25) is 5.02 Å². The first kappa shape index (κ1) is 13.0. The maximum atomic E-state index is 13.8. The van der Waals surface area contributed by atoms with Crippen molar-refractivity contribution in [3.05, 3.63) is 76.7 Å². The highest BCUT2D eigenvalue weighted by molar-refractivity contribution is 6.31. The number of aliphatic hydroxyl groups is 1. The Morgan fingerprint density at radius 1 is 1.10 bits per heavy atom. The Morgan fingerprint density at radius 3 is 2.75 bits per heavy atom. The Morgan fingerprint density at radius 2 is 1.95 bits per heavy atom. The van der Waals surface area contributed by atoms with E-state index in [9.17, 15) is 9.50 Å². The Hall–Kier alpha value is -1.97. The molecule has 3 aromatic rings. The van der Waals surface area contributed by atoms with Gasteiger partial charge >= 0.3 is 0 Å². The predicted molar refractivity (Wildman–Crippen MR) is 77.2 cm³/mol. The lowest BCUT2D eigenvalue weighted by Gasteiger charge is -2.14. The van der Waals surface area contributed by atoms with E-state index < -0.39 is 11.9 Å². The first-order chi connectivity index (χ1) is 9.66. The van der Waals surface area contributed by atoms with Crippen molar-refractivity contribution >= 4 is 22.5 Å². The highest BCUT2D eigenvalue weighted by Gasteiger charge is 2.18. The summed E-state index contributed by atoms with van der Waals surface area (Å²) in [6.07, 6.45) is 0.560. The first-order valence-electron chi connectivity index (χ1n) is 6.13. The lowest BCUT2D eigenvalue weighted by molar-refractivity contribution is 0.215. The minimum atomic E-state index is -1.12. The molecule has 4 heteroatoms. The van der Waals surface area contributed by atoms with Crippen LogP contribution in [-0.4, -0.2) is 10.1 Å². The van der Waals surface area contributed by atoms with Gasteiger partial charge in [-0.1, -0.05) is 35.9 Å². The van der Waals surface area contributed by atoms with Gasteiger partial charge in [-0.05, 0) is 29.8 Å². The zero-order valence-corrected chi connectivity index (χ0v) is 11.2. The minimum absolute atomic E-state index is 0.0875. The molecule has 0 aliphatic rings. The van der Waals surface area contributed by atoms with E-state index >= 15 is 0 Å². The van der Waals surface area contributed by atoms with Gasteiger partial charge in [0.1, 0.15) is 11.9 Å². The van der Waals surface area contributed by atoms with Crippen LogP contribution >= 0.6 is 11.6 Å². The highest BCUT2D eigenvalue weighted by Crippen LogP contribution is 2.31. The van der Waals surface area contributed by atoms with Crippen LogP contribution in [0.1, 0.15) is 17.2 Å². The molecule has 1 unspecified atom stereocenters. The van der Waals surface area contributed by atoms with E-state index in [0.29, 0.717) is 5.56 Å². The van der Waals surface area contributed by atoms with E-state index in [1.165, 1.54) is 12.1 Å². The van der Waals surface area contributed by atoms with E-state index in [4.69, 9.17) is 11.6 Å². The summed E-state index contributed by atoms with van der Waals surface area (Å²) < 4.78 is 13.8. The maximum absolute atomic E-state index is 13.8. The average Bonchev–Trinajstić information content (AvgIpc) is 2.46. The molecule has 2 aromatic carbocycles. The Balaban J connectivity index is 2.10. The van der Waals surface area contributed by atoms with Gasteiger partial charge in [-0.2, -0.15) is 0 Å². The monoisotopic (exact) mass is 287 g/mol. The average molecular weight is 288 g/mol. The molecule has 1 aromatic heterocycles. The van der Waals surface area contributed by atoms with E-state index in [-0.39, 0.29) is 10.6 Å². The quantitative estimate of drug-likeness (QED) is 0.769. The predicted octanol–water partition coefficient (Wildman–Crippen LogP) is 4.11. The summed E-state index contributed by atoms with van der Waals surface area (Å²) in [6, 6.07) is 13.4. The third-order valence-electron chi connectivity index (χ3n) is 3.22. The summed E-state index contributed by atoms with van der Waals surface area (Å²) in [5.41, 5.74) is 1.39. The van der Waals surface area contributed by atoms with Crippen LogP contribution in [-0.2, 0) is 0 Å². The molecular weight excluding hydrogens is 277 g/mol. The smallest absolute Gasteiger partial charge is 0.130 e. The van der Waals surface area contributed by atoms with Crippen LogP contribution in [0.3, 0.4) is 0 Å². The summed E-state index contributed by atoms with van der Waals surface area (Å²) in [4.78, 5) is 4.22. The largest absolute Gasteiger partial charge is 0.383 e. The highest BCUT2D eigenvalue weighted by atomic mass is 35.5. The fraction of sp³-hybridized carbons (Fsp3) is 0.0625. The fourth-order valence-electron chi connectivity index (χ4n) is 2.19. The van der Waals surface area contributed by atoms with Gasteiger partial charge in [0.05, 0.1) is 5.52 Å². The molecule has 0 bridgehead atoms. The van der Waals surface area contributed by atoms with Crippen LogP contribution in [0.25, 0.3) is 10.9 Å². The Labute approximate surface area is 120 Å². The third-order valence-corrected chi connectivity index (χ3v) is 3.55. The number of aliphatic hydroxyl groups excluding tert-OH is 1. The molecule has 1 atom stereocenters. The molecule has 2 nitrogen and oxygen atoms in total. The summed E-state index contributed by atoms with van der Waals surface area (Å²) in [6.45, 7) is 0. The zero-order chi connectivity index (χ0) is 14.1. The van der Waals surface area contributed by atoms with Crippen molar-refractivity contribution in [2.24, 2.45) is 0 Å². The zero-order valence-electron chi connectivity index (χ0n) is 10.4. The SMILES string of the molecule is OC(c1ccc2cccnc2c1)c1c(F)cccc1Cl. The molecule has 0 amide bonds. The van der Waals surface area contributed by atoms with Crippen molar-refractivity contribution in [2.75, 3.05) is 0 Å². The number of hydrogen-bond acceptors (Lipinski definition) is 2. The van der Waals surface area contributed by atoms with Gasteiger partial charge < -0.3 is 5.11 Å². The van der Waals surface area contributed by atoms with E-state index in [2.05, 4.69) is 4.98 Å². The van der Waals surface area contributed by atoms with Gasteiger partial charge in [-0.25, -0.2) is 4.39 Å². The van der Waals surface area contributed by atoms with E-state index in [1.807, 2.05) is 18.2 Å². The number of nitrogens with zero attached hydrogens (tertiary/aromatic N) is 1. The minimum Gasteiger partial charge on any atom is -0.383 e. The lowest BCUT2D eigenvalue weighted by Crippen LogP contribution is -2.03. The topological polar surface area (TPSA) is 33.1 Å². The number of hydrogen-bond donors (Lipinski definition) is 1. The number of benzene rings is 2.